The van der Waals surface area contributed by atoms with Crippen molar-refractivity contribution in [3.8, 4) is 22.9 Å². The van der Waals surface area contributed by atoms with E-state index in [1.165, 1.54) is 26.4 Å². The summed E-state index contributed by atoms with van der Waals surface area (Å²) < 4.78 is 45.9. The van der Waals surface area contributed by atoms with Gasteiger partial charge in [-0.15, -0.1) is 0 Å². The largest absolute Gasteiger partial charge is 0.497 e. The van der Waals surface area contributed by atoms with Crippen LogP contribution in [0.2, 0.25) is 0 Å². The predicted molar refractivity (Wildman–Crippen MR) is 115 cm³/mol. The summed E-state index contributed by atoms with van der Waals surface area (Å²) in [6, 6.07) is 14.2. The van der Waals surface area contributed by atoms with Gasteiger partial charge >= 0.3 is 0 Å². The number of aromatic nitrogens is 1. The number of nitrogens with zero attached hydrogens (tertiary/aromatic N) is 1. The van der Waals surface area contributed by atoms with Gasteiger partial charge in [-0.3, -0.25) is 0 Å². The molecule has 1 aromatic heterocycles. The van der Waals surface area contributed by atoms with Crippen LogP contribution in [0.25, 0.3) is 5.69 Å². The zero-order valence-corrected chi connectivity index (χ0v) is 18.5. The number of rotatable bonds is 8. The molecule has 0 atom stereocenters. The minimum atomic E-state index is -3.72. The van der Waals surface area contributed by atoms with E-state index in [2.05, 4.69) is 9.29 Å². The first kappa shape index (κ1) is 21.7. The van der Waals surface area contributed by atoms with Gasteiger partial charge in [0.2, 0.25) is 10.0 Å². The molecular formula is C22H26N2O5S. The van der Waals surface area contributed by atoms with E-state index < -0.39 is 10.0 Å². The predicted octanol–water partition coefficient (Wildman–Crippen LogP) is 3.60. The molecular weight excluding hydrogens is 404 g/mol. The average molecular weight is 431 g/mol. The molecule has 2 aromatic carbocycles. The van der Waals surface area contributed by atoms with Crippen molar-refractivity contribution >= 4 is 10.0 Å². The van der Waals surface area contributed by atoms with Gasteiger partial charge < -0.3 is 18.8 Å². The highest BCUT2D eigenvalue weighted by Crippen LogP contribution is 2.29. The summed E-state index contributed by atoms with van der Waals surface area (Å²) in [5.41, 5.74) is 3.86. The second-order valence-electron chi connectivity index (χ2n) is 6.77. The van der Waals surface area contributed by atoms with Gasteiger partial charge in [0.05, 0.1) is 26.2 Å². The standard InChI is InChI=1S/C22H26N2O5S/c1-15-12-17(16(2)24(15)18-6-8-19(27-3)9-7-18)14-23-30(25,26)20-10-11-21(28-4)22(13-20)29-5/h6-13,23H,14H2,1-5H3. The minimum absolute atomic E-state index is 0.115. The second kappa shape index (κ2) is 8.81. The summed E-state index contributed by atoms with van der Waals surface area (Å²) in [7, 11) is 0.878. The van der Waals surface area contributed by atoms with Gasteiger partial charge in [-0.2, -0.15) is 0 Å². The third-order valence-electron chi connectivity index (χ3n) is 4.98. The molecule has 0 unspecified atom stereocenters. The Bertz CT molecular complexity index is 1140. The molecule has 0 radical (unpaired) electrons. The fourth-order valence-corrected chi connectivity index (χ4v) is 4.40. The molecule has 0 spiro atoms. The lowest BCUT2D eigenvalue weighted by Gasteiger charge is -2.12. The van der Waals surface area contributed by atoms with Crippen LogP contribution in [0.4, 0.5) is 0 Å². The van der Waals surface area contributed by atoms with Gasteiger partial charge in [0.1, 0.15) is 5.75 Å². The van der Waals surface area contributed by atoms with Crippen LogP contribution in [0.5, 0.6) is 17.2 Å². The molecule has 0 aliphatic rings. The first-order valence-corrected chi connectivity index (χ1v) is 10.8. The Morgan fingerprint density at radius 1 is 0.867 bits per heavy atom. The molecule has 0 aliphatic heterocycles. The quantitative estimate of drug-likeness (QED) is 0.591. The van der Waals surface area contributed by atoms with Gasteiger partial charge in [0, 0.05) is 29.7 Å². The number of sulfonamides is 1. The molecule has 30 heavy (non-hydrogen) atoms. The lowest BCUT2D eigenvalue weighted by atomic mass is 10.2. The van der Waals surface area contributed by atoms with Crippen LogP contribution < -0.4 is 18.9 Å². The Morgan fingerprint density at radius 3 is 2.13 bits per heavy atom. The van der Waals surface area contributed by atoms with E-state index in [-0.39, 0.29) is 11.4 Å². The number of methoxy groups -OCH3 is 3. The van der Waals surface area contributed by atoms with Crippen LogP contribution in [0.1, 0.15) is 17.0 Å². The molecule has 0 saturated carbocycles. The third kappa shape index (κ3) is 4.29. The first-order valence-electron chi connectivity index (χ1n) is 9.34. The molecule has 1 heterocycles. The molecule has 3 rings (SSSR count). The Hall–Kier alpha value is -2.97. The lowest BCUT2D eigenvalue weighted by molar-refractivity contribution is 0.354. The fourth-order valence-electron chi connectivity index (χ4n) is 3.38. The van der Waals surface area contributed by atoms with E-state index in [4.69, 9.17) is 14.2 Å². The van der Waals surface area contributed by atoms with Gasteiger partial charge in [-0.1, -0.05) is 0 Å². The van der Waals surface area contributed by atoms with Crippen molar-refractivity contribution in [2.45, 2.75) is 25.3 Å². The van der Waals surface area contributed by atoms with E-state index in [0.29, 0.717) is 11.5 Å². The number of hydrogen-bond acceptors (Lipinski definition) is 5. The minimum Gasteiger partial charge on any atom is -0.497 e. The smallest absolute Gasteiger partial charge is 0.241 e. The van der Waals surface area contributed by atoms with Crippen LogP contribution in [0, 0.1) is 13.8 Å². The van der Waals surface area contributed by atoms with Crippen molar-refractivity contribution in [3.63, 3.8) is 0 Å². The molecule has 0 saturated heterocycles. The van der Waals surface area contributed by atoms with Crippen molar-refractivity contribution in [2.24, 2.45) is 0 Å². The van der Waals surface area contributed by atoms with E-state index in [9.17, 15) is 8.42 Å². The Balaban J connectivity index is 1.83. The van der Waals surface area contributed by atoms with Crippen LogP contribution in [-0.2, 0) is 16.6 Å². The van der Waals surface area contributed by atoms with Crippen LogP contribution in [0.15, 0.2) is 53.4 Å². The summed E-state index contributed by atoms with van der Waals surface area (Å²) in [6.07, 6.45) is 0. The number of hydrogen-bond donors (Lipinski definition) is 1. The number of nitrogens with one attached hydrogen (secondary N) is 1. The normalized spacial score (nSPS) is 11.4. The third-order valence-corrected chi connectivity index (χ3v) is 6.38. The molecule has 0 amide bonds. The Kier molecular flexibility index (Phi) is 6.38. The zero-order chi connectivity index (χ0) is 21.9. The van der Waals surface area contributed by atoms with E-state index >= 15 is 0 Å². The topological polar surface area (TPSA) is 78.8 Å². The zero-order valence-electron chi connectivity index (χ0n) is 17.7. The van der Waals surface area contributed by atoms with E-state index in [1.54, 1.807) is 13.2 Å². The molecule has 1 N–H and O–H groups in total. The molecule has 160 valence electrons. The lowest BCUT2D eigenvalue weighted by Crippen LogP contribution is -2.23. The Morgan fingerprint density at radius 2 is 1.53 bits per heavy atom. The first-order chi connectivity index (χ1) is 14.3. The SMILES string of the molecule is COc1ccc(-n2c(C)cc(CNS(=O)(=O)c3ccc(OC)c(OC)c3)c2C)cc1. The number of benzene rings is 2. The van der Waals surface area contributed by atoms with Crippen molar-refractivity contribution in [1.82, 2.24) is 9.29 Å². The molecule has 7 nitrogen and oxygen atoms in total. The van der Waals surface area contributed by atoms with Crippen LogP contribution >= 0.6 is 0 Å². The second-order valence-corrected chi connectivity index (χ2v) is 8.54. The van der Waals surface area contributed by atoms with Crippen molar-refractivity contribution < 1.29 is 22.6 Å². The molecule has 0 aliphatic carbocycles. The van der Waals surface area contributed by atoms with Crippen LogP contribution in [0.3, 0.4) is 0 Å². The summed E-state index contributed by atoms with van der Waals surface area (Å²) in [5.74, 6) is 1.61. The maximum absolute atomic E-state index is 12.8. The van der Waals surface area contributed by atoms with Crippen molar-refractivity contribution in [2.75, 3.05) is 21.3 Å². The molecule has 0 fully saturated rings. The highest BCUT2D eigenvalue weighted by atomic mass is 32.2. The van der Waals surface area contributed by atoms with Gasteiger partial charge in [0.25, 0.3) is 0 Å². The molecule has 3 aromatic rings. The van der Waals surface area contributed by atoms with E-state index in [0.717, 1.165) is 28.4 Å². The average Bonchev–Trinajstić information content (AvgIpc) is 3.04. The number of aryl methyl sites for hydroxylation is 1. The van der Waals surface area contributed by atoms with Gasteiger partial charge in [-0.05, 0) is 61.9 Å². The maximum Gasteiger partial charge on any atom is 0.241 e. The number of ether oxygens (including phenoxy) is 3. The molecule has 0 bridgehead atoms. The summed E-state index contributed by atoms with van der Waals surface area (Å²) >= 11 is 0. The van der Waals surface area contributed by atoms with Crippen molar-refractivity contribution in [3.05, 3.63) is 65.5 Å². The monoisotopic (exact) mass is 430 g/mol. The fraction of sp³-hybridized carbons (Fsp3) is 0.273. The summed E-state index contributed by atoms with van der Waals surface area (Å²) in [4.78, 5) is 0.115. The summed E-state index contributed by atoms with van der Waals surface area (Å²) in [6.45, 7) is 4.13. The van der Waals surface area contributed by atoms with Crippen molar-refractivity contribution in [1.29, 1.82) is 0 Å². The maximum atomic E-state index is 12.8. The molecule has 8 heteroatoms. The Labute approximate surface area is 177 Å². The summed E-state index contributed by atoms with van der Waals surface area (Å²) in [5, 5.41) is 0. The van der Waals surface area contributed by atoms with Gasteiger partial charge in [-0.25, -0.2) is 13.1 Å². The van der Waals surface area contributed by atoms with Gasteiger partial charge in [0.15, 0.2) is 11.5 Å². The van der Waals surface area contributed by atoms with Crippen LogP contribution in [-0.4, -0.2) is 34.3 Å². The highest BCUT2D eigenvalue weighted by molar-refractivity contribution is 7.89. The van der Waals surface area contributed by atoms with E-state index in [1.807, 2.05) is 44.2 Å². The highest BCUT2D eigenvalue weighted by Gasteiger charge is 2.19.